The van der Waals surface area contributed by atoms with E-state index in [2.05, 4.69) is 13.0 Å². The Kier molecular flexibility index (Phi) is 4.14. The van der Waals surface area contributed by atoms with Gasteiger partial charge in [-0.2, -0.15) is 5.26 Å². The van der Waals surface area contributed by atoms with Crippen molar-refractivity contribution in [3.8, 4) is 11.8 Å². The maximum atomic E-state index is 8.67. The van der Waals surface area contributed by atoms with E-state index in [0.29, 0.717) is 6.42 Å². The molecule has 3 heteroatoms. The first-order chi connectivity index (χ1) is 7.21. The molecular formula is C12H16N2O. The monoisotopic (exact) mass is 204 g/mol. The molecule has 0 aromatic heterocycles. The third-order valence-corrected chi connectivity index (χ3v) is 2.36. The Labute approximate surface area is 90.5 Å². The van der Waals surface area contributed by atoms with Crippen molar-refractivity contribution in [1.29, 1.82) is 5.26 Å². The van der Waals surface area contributed by atoms with Gasteiger partial charge in [0.25, 0.3) is 0 Å². The van der Waals surface area contributed by atoms with Gasteiger partial charge in [-0.05, 0) is 23.6 Å². The molecule has 3 nitrogen and oxygen atoms in total. The molecule has 0 bridgehead atoms. The van der Waals surface area contributed by atoms with Gasteiger partial charge in [-0.3, -0.25) is 0 Å². The van der Waals surface area contributed by atoms with Crippen molar-refractivity contribution in [1.82, 2.24) is 0 Å². The van der Waals surface area contributed by atoms with E-state index in [1.165, 1.54) is 5.56 Å². The highest BCUT2D eigenvalue weighted by atomic mass is 16.5. The van der Waals surface area contributed by atoms with Gasteiger partial charge in [-0.1, -0.05) is 19.1 Å². The van der Waals surface area contributed by atoms with Crippen molar-refractivity contribution < 1.29 is 4.74 Å². The molecule has 1 atom stereocenters. The molecule has 0 aliphatic rings. The minimum atomic E-state index is -0.467. The molecule has 15 heavy (non-hydrogen) atoms. The van der Waals surface area contributed by atoms with E-state index in [4.69, 9.17) is 15.7 Å². The molecule has 0 aliphatic carbocycles. The zero-order valence-electron chi connectivity index (χ0n) is 9.16. The molecule has 0 saturated heterocycles. The second kappa shape index (κ2) is 5.38. The van der Waals surface area contributed by atoms with Gasteiger partial charge in [0.15, 0.2) is 0 Å². The Balaban J connectivity index is 2.97. The van der Waals surface area contributed by atoms with Gasteiger partial charge in [0.2, 0.25) is 0 Å². The van der Waals surface area contributed by atoms with Crippen LogP contribution in [0.15, 0.2) is 18.2 Å². The Hall–Kier alpha value is -1.53. The van der Waals surface area contributed by atoms with Crippen molar-refractivity contribution in [2.75, 3.05) is 7.11 Å². The van der Waals surface area contributed by atoms with Crippen LogP contribution in [0.25, 0.3) is 0 Å². The minimum absolute atomic E-state index is 0.467. The van der Waals surface area contributed by atoms with Crippen molar-refractivity contribution in [3.63, 3.8) is 0 Å². The maximum Gasteiger partial charge on any atom is 0.122 e. The summed E-state index contributed by atoms with van der Waals surface area (Å²) in [4.78, 5) is 0. The number of rotatable bonds is 4. The molecule has 0 saturated carbocycles. The average Bonchev–Trinajstić information content (AvgIpc) is 2.28. The lowest BCUT2D eigenvalue weighted by Crippen LogP contribution is -2.20. The fourth-order valence-electron chi connectivity index (χ4n) is 1.49. The molecule has 0 spiro atoms. The molecule has 80 valence electrons. The largest absolute Gasteiger partial charge is 0.496 e. The lowest BCUT2D eigenvalue weighted by atomic mass is 10.0. The highest BCUT2D eigenvalue weighted by Gasteiger charge is 2.08. The van der Waals surface area contributed by atoms with Gasteiger partial charge in [0.05, 0.1) is 19.2 Å². The SMILES string of the molecule is CCc1ccc(OC)c(CC(N)C#N)c1. The standard InChI is InChI=1S/C12H16N2O/c1-3-9-4-5-12(15-2)10(6-9)7-11(14)8-13/h4-6,11H,3,7,14H2,1-2H3. The van der Waals surface area contributed by atoms with Crippen LogP contribution in [0.4, 0.5) is 0 Å². The predicted octanol–water partition coefficient (Wildman–Crippen LogP) is 1.65. The van der Waals surface area contributed by atoms with Gasteiger partial charge in [0, 0.05) is 6.42 Å². The Morgan fingerprint density at radius 2 is 2.27 bits per heavy atom. The molecule has 1 aromatic carbocycles. The third kappa shape index (κ3) is 2.97. The zero-order valence-corrected chi connectivity index (χ0v) is 9.16. The number of nitriles is 1. The van der Waals surface area contributed by atoms with Crippen LogP contribution in [-0.2, 0) is 12.8 Å². The van der Waals surface area contributed by atoms with Crippen molar-refractivity contribution in [2.45, 2.75) is 25.8 Å². The molecule has 1 rings (SSSR count). The average molecular weight is 204 g/mol. The van der Waals surface area contributed by atoms with Crippen molar-refractivity contribution >= 4 is 0 Å². The molecule has 1 unspecified atom stereocenters. The maximum absolute atomic E-state index is 8.67. The van der Waals surface area contributed by atoms with Crippen molar-refractivity contribution in [2.24, 2.45) is 5.73 Å². The Morgan fingerprint density at radius 3 is 2.80 bits per heavy atom. The number of methoxy groups -OCH3 is 1. The molecule has 0 fully saturated rings. The first-order valence-corrected chi connectivity index (χ1v) is 5.02. The smallest absolute Gasteiger partial charge is 0.122 e. The number of hydrogen-bond donors (Lipinski definition) is 1. The lowest BCUT2D eigenvalue weighted by molar-refractivity contribution is 0.409. The van der Waals surface area contributed by atoms with Crippen LogP contribution < -0.4 is 10.5 Å². The predicted molar refractivity (Wildman–Crippen MR) is 59.7 cm³/mol. The molecular weight excluding hydrogens is 188 g/mol. The van der Waals surface area contributed by atoms with Gasteiger partial charge in [0.1, 0.15) is 5.75 Å². The summed E-state index contributed by atoms with van der Waals surface area (Å²) in [7, 11) is 1.63. The van der Waals surface area contributed by atoms with Gasteiger partial charge in [-0.25, -0.2) is 0 Å². The summed E-state index contributed by atoms with van der Waals surface area (Å²) in [5, 5.41) is 8.67. The topological polar surface area (TPSA) is 59.0 Å². The van der Waals surface area contributed by atoms with E-state index < -0.39 is 6.04 Å². The van der Waals surface area contributed by atoms with E-state index in [1.807, 2.05) is 18.2 Å². The summed E-state index contributed by atoms with van der Waals surface area (Å²) in [5.74, 6) is 0.804. The van der Waals surface area contributed by atoms with E-state index in [1.54, 1.807) is 7.11 Å². The lowest BCUT2D eigenvalue weighted by Gasteiger charge is -2.10. The van der Waals surface area contributed by atoms with Crippen molar-refractivity contribution in [3.05, 3.63) is 29.3 Å². The fourth-order valence-corrected chi connectivity index (χ4v) is 1.49. The summed E-state index contributed by atoms with van der Waals surface area (Å²) < 4.78 is 5.23. The van der Waals surface area contributed by atoms with E-state index >= 15 is 0 Å². The minimum Gasteiger partial charge on any atom is -0.496 e. The highest BCUT2D eigenvalue weighted by molar-refractivity contribution is 5.38. The third-order valence-electron chi connectivity index (χ3n) is 2.36. The normalized spacial score (nSPS) is 11.9. The van der Waals surface area contributed by atoms with Crippen LogP contribution in [0.5, 0.6) is 5.75 Å². The number of nitrogens with two attached hydrogens (primary N) is 1. The number of ether oxygens (including phenoxy) is 1. The van der Waals surface area contributed by atoms with Gasteiger partial charge >= 0.3 is 0 Å². The zero-order chi connectivity index (χ0) is 11.3. The fraction of sp³-hybridized carbons (Fsp3) is 0.417. The first-order valence-electron chi connectivity index (χ1n) is 5.02. The van der Waals surface area contributed by atoms with Gasteiger partial charge < -0.3 is 10.5 Å². The van der Waals surface area contributed by atoms with Crippen LogP contribution in [0, 0.1) is 11.3 Å². The summed E-state index contributed by atoms with van der Waals surface area (Å²) in [6.45, 7) is 2.09. The van der Waals surface area contributed by atoms with E-state index in [-0.39, 0.29) is 0 Å². The van der Waals surface area contributed by atoms with Crippen LogP contribution >= 0.6 is 0 Å². The highest BCUT2D eigenvalue weighted by Crippen LogP contribution is 2.21. The molecule has 2 N–H and O–H groups in total. The summed E-state index contributed by atoms with van der Waals surface area (Å²) >= 11 is 0. The second-order valence-corrected chi connectivity index (χ2v) is 3.44. The quantitative estimate of drug-likeness (QED) is 0.811. The van der Waals surface area contributed by atoms with Crippen LogP contribution in [0.3, 0.4) is 0 Å². The van der Waals surface area contributed by atoms with Crippen LogP contribution in [-0.4, -0.2) is 13.2 Å². The number of nitrogens with zero attached hydrogens (tertiary/aromatic N) is 1. The number of hydrogen-bond acceptors (Lipinski definition) is 3. The molecule has 0 amide bonds. The second-order valence-electron chi connectivity index (χ2n) is 3.44. The van der Waals surface area contributed by atoms with Gasteiger partial charge in [-0.15, -0.1) is 0 Å². The van der Waals surface area contributed by atoms with E-state index in [9.17, 15) is 0 Å². The molecule has 0 aliphatic heterocycles. The molecule has 0 heterocycles. The van der Waals surface area contributed by atoms with Crippen LogP contribution in [0.2, 0.25) is 0 Å². The Morgan fingerprint density at radius 1 is 1.53 bits per heavy atom. The molecule has 0 radical (unpaired) electrons. The first kappa shape index (κ1) is 11.5. The summed E-state index contributed by atoms with van der Waals surface area (Å²) in [6.07, 6.45) is 1.51. The molecule has 1 aromatic rings. The number of benzene rings is 1. The van der Waals surface area contributed by atoms with E-state index in [0.717, 1.165) is 17.7 Å². The number of aryl methyl sites for hydroxylation is 1. The summed E-state index contributed by atoms with van der Waals surface area (Å²) in [6, 6.07) is 7.57. The van der Waals surface area contributed by atoms with Crippen LogP contribution in [0.1, 0.15) is 18.1 Å². The Bertz CT molecular complexity index is 368. The summed E-state index contributed by atoms with van der Waals surface area (Å²) in [5.41, 5.74) is 7.84.